The first-order valence-electron chi connectivity index (χ1n) is 4.06. The number of nitrogens with zero attached hydrogens (tertiary/aromatic N) is 1. The lowest BCUT2D eigenvalue weighted by atomic mass is 10.2. The van der Waals surface area contributed by atoms with Crippen molar-refractivity contribution < 1.29 is 30.5 Å². The molecule has 1 aromatic carbocycles. The number of amides is 1. The molecule has 0 bridgehead atoms. The van der Waals surface area contributed by atoms with E-state index in [1.54, 1.807) is 0 Å². The van der Waals surface area contributed by atoms with Gasteiger partial charge in [0, 0.05) is 4.91 Å². The Kier molecular flexibility index (Phi) is 3.32. The average Bonchev–Trinajstić information content (AvgIpc) is 2.26. The van der Waals surface area contributed by atoms with E-state index < -0.39 is 31.2 Å². The van der Waals surface area contributed by atoms with E-state index in [9.17, 15) is 31.3 Å². The van der Waals surface area contributed by atoms with Crippen molar-refractivity contribution in [2.45, 2.75) is 5.51 Å². The van der Waals surface area contributed by atoms with Crippen molar-refractivity contribution in [1.29, 1.82) is 0 Å². The number of hydrogen-bond donors (Lipinski definition) is 0. The minimum Gasteiger partial charge on any atom is -0.208 e. The largest absolute Gasteiger partial charge is 0.565 e. The Balaban J connectivity index is 3.14. The maximum Gasteiger partial charge on any atom is 0.565 e. The van der Waals surface area contributed by atoms with Gasteiger partial charge in [-0.2, -0.15) is 21.6 Å². The predicted molar refractivity (Wildman–Crippen MR) is 49.4 cm³/mol. The Morgan fingerprint density at radius 2 is 1.59 bits per heavy atom. The standard InChI is InChI=1S/C8H5F3NO4S/c9-8(10,11)17(15,16)12(14)7(13)6-4-2-1-3-5-6/h1-5H/q+1. The van der Waals surface area contributed by atoms with Crippen LogP contribution in [-0.2, 0) is 10.0 Å². The summed E-state index contributed by atoms with van der Waals surface area (Å²) < 4.78 is 55.6. The summed E-state index contributed by atoms with van der Waals surface area (Å²) in [6, 6.07) is 6.06. The molecule has 0 fully saturated rings. The second-order valence-electron chi connectivity index (χ2n) is 2.85. The Morgan fingerprint density at radius 1 is 1.12 bits per heavy atom. The number of halogens is 3. The molecule has 0 saturated carbocycles. The van der Waals surface area contributed by atoms with E-state index in [0.29, 0.717) is 0 Å². The van der Waals surface area contributed by atoms with Crippen LogP contribution in [0.5, 0.6) is 0 Å². The molecular formula is C8H5F3NO4S+. The molecule has 0 aliphatic rings. The highest BCUT2D eigenvalue weighted by atomic mass is 32.2. The molecule has 0 saturated heterocycles. The third-order valence-corrected chi connectivity index (χ3v) is 2.88. The van der Waals surface area contributed by atoms with Crippen LogP contribution in [0.3, 0.4) is 0 Å². The van der Waals surface area contributed by atoms with Gasteiger partial charge in [0.25, 0.3) is 0 Å². The van der Waals surface area contributed by atoms with Gasteiger partial charge in [0.2, 0.25) is 4.17 Å². The number of carbonyl (C=O) groups excluding carboxylic acids is 1. The molecule has 1 amide bonds. The lowest BCUT2D eigenvalue weighted by Gasteiger charge is -1.98. The predicted octanol–water partition coefficient (Wildman–Crippen LogP) is 1.46. The Labute approximate surface area is 93.5 Å². The lowest BCUT2D eigenvalue weighted by molar-refractivity contribution is -0.299. The summed E-state index contributed by atoms with van der Waals surface area (Å²) in [5.41, 5.74) is -6.26. The van der Waals surface area contributed by atoms with Crippen molar-refractivity contribution in [3.63, 3.8) is 0 Å². The Hall–Kier alpha value is -1.77. The molecule has 0 spiro atoms. The first-order valence-corrected chi connectivity index (χ1v) is 5.50. The molecule has 0 aromatic heterocycles. The van der Waals surface area contributed by atoms with Crippen LogP contribution in [0.2, 0.25) is 0 Å². The molecule has 1 aromatic rings. The fourth-order valence-corrected chi connectivity index (χ4v) is 1.40. The highest BCUT2D eigenvalue weighted by molar-refractivity contribution is 7.86. The van der Waals surface area contributed by atoms with E-state index in [2.05, 4.69) is 0 Å². The van der Waals surface area contributed by atoms with Crippen LogP contribution >= 0.6 is 0 Å². The fourth-order valence-electron chi connectivity index (χ4n) is 0.889. The summed E-state index contributed by atoms with van der Waals surface area (Å²) >= 11 is 0. The van der Waals surface area contributed by atoms with Crippen molar-refractivity contribution in [1.82, 2.24) is 0 Å². The number of carbonyl (C=O) groups is 1. The molecule has 0 atom stereocenters. The highest BCUT2D eigenvalue weighted by Crippen LogP contribution is 2.25. The van der Waals surface area contributed by atoms with E-state index in [4.69, 9.17) is 0 Å². The van der Waals surface area contributed by atoms with Crippen molar-refractivity contribution in [3.8, 4) is 0 Å². The molecule has 9 heteroatoms. The van der Waals surface area contributed by atoms with Crippen molar-refractivity contribution in [3.05, 3.63) is 40.8 Å². The van der Waals surface area contributed by atoms with E-state index in [0.717, 1.165) is 12.1 Å². The molecule has 0 aliphatic carbocycles. The Morgan fingerprint density at radius 3 is 2.00 bits per heavy atom. The summed E-state index contributed by atoms with van der Waals surface area (Å²) in [4.78, 5) is 22.0. The molecule has 0 N–H and O–H groups in total. The number of nitroso groups, excluding NO2 is 1. The zero-order valence-electron chi connectivity index (χ0n) is 8.01. The van der Waals surface area contributed by atoms with Crippen LogP contribution < -0.4 is 0 Å². The van der Waals surface area contributed by atoms with Crippen LogP contribution in [0.1, 0.15) is 10.4 Å². The Bertz CT molecular complexity index is 550. The molecule has 92 valence electrons. The number of rotatable bonds is 2. The molecule has 5 nitrogen and oxygen atoms in total. The minimum absolute atomic E-state index is 0.449. The molecule has 0 heterocycles. The third-order valence-electron chi connectivity index (χ3n) is 1.70. The van der Waals surface area contributed by atoms with Gasteiger partial charge in [-0.05, 0) is 12.1 Å². The number of alkyl halides is 3. The van der Waals surface area contributed by atoms with Gasteiger partial charge in [0.05, 0.1) is 5.56 Å². The van der Waals surface area contributed by atoms with Gasteiger partial charge in [-0.15, -0.1) is 0 Å². The summed E-state index contributed by atoms with van der Waals surface area (Å²) in [6.45, 7) is 0. The minimum atomic E-state index is -6.20. The van der Waals surface area contributed by atoms with Crippen molar-refractivity contribution >= 4 is 15.9 Å². The van der Waals surface area contributed by atoms with E-state index in [1.165, 1.54) is 18.2 Å². The topological polar surface area (TPSA) is 71.3 Å². The molecule has 1 rings (SSSR count). The van der Waals surface area contributed by atoms with Crippen LogP contribution in [0.25, 0.3) is 0 Å². The van der Waals surface area contributed by atoms with Gasteiger partial charge in [-0.3, -0.25) is 0 Å². The van der Waals surface area contributed by atoms with Gasteiger partial charge in [-0.25, -0.2) is 4.79 Å². The van der Waals surface area contributed by atoms with Crippen LogP contribution in [-0.4, -0.2) is 24.0 Å². The van der Waals surface area contributed by atoms with E-state index in [1.807, 2.05) is 0 Å². The molecular weight excluding hydrogens is 263 g/mol. The van der Waals surface area contributed by atoms with E-state index >= 15 is 0 Å². The SMILES string of the molecule is O=C(c1ccccc1)[N+](=O)S(=O)(=O)C(F)(F)F. The number of hydrogen-bond acceptors (Lipinski definition) is 4. The van der Waals surface area contributed by atoms with Gasteiger partial charge in [-0.1, -0.05) is 18.2 Å². The van der Waals surface area contributed by atoms with E-state index in [-0.39, 0.29) is 0 Å². The average molecular weight is 268 g/mol. The second-order valence-corrected chi connectivity index (χ2v) is 4.59. The zero-order valence-corrected chi connectivity index (χ0v) is 8.83. The summed E-state index contributed by atoms with van der Waals surface area (Å²) in [6.07, 6.45) is 0. The van der Waals surface area contributed by atoms with Crippen LogP contribution in [0.4, 0.5) is 13.2 Å². The molecule has 17 heavy (non-hydrogen) atoms. The van der Waals surface area contributed by atoms with Gasteiger partial charge >= 0.3 is 21.4 Å². The summed E-state index contributed by atoms with van der Waals surface area (Å²) in [5.74, 6) is -1.79. The van der Waals surface area contributed by atoms with Crippen LogP contribution in [0, 0.1) is 4.91 Å². The van der Waals surface area contributed by atoms with Crippen molar-refractivity contribution in [2.24, 2.45) is 0 Å². The van der Waals surface area contributed by atoms with Crippen LogP contribution in [0.15, 0.2) is 30.3 Å². The van der Waals surface area contributed by atoms with Gasteiger partial charge in [0.15, 0.2) is 0 Å². The second kappa shape index (κ2) is 4.24. The maximum absolute atomic E-state index is 12.0. The normalized spacial score (nSPS) is 12.2. The smallest absolute Gasteiger partial charge is 0.208 e. The zero-order chi connectivity index (χ0) is 13.3. The first kappa shape index (κ1) is 13.3. The molecule has 0 radical (unpaired) electrons. The number of benzene rings is 1. The highest BCUT2D eigenvalue weighted by Gasteiger charge is 2.61. The third kappa shape index (κ3) is 2.49. The maximum atomic E-state index is 12.0. The fraction of sp³-hybridized carbons (Fsp3) is 0.125. The lowest BCUT2D eigenvalue weighted by Crippen LogP contribution is -2.36. The molecule has 0 aliphatic heterocycles. The van der Waals surface area contributed by atoms with Gasteiger partial charge < -0.3 is 0 Å². The monoisotopic (exact) mass is 268 g/mol. The quantitative estimate of drug-likeness (QED) is 0.761. The molecule has 0 unspecified atom stereocenters. The van der Waals surface area contributed by atoms with Gasteiger partial charge in [0.1, 0.15) is 0 Å². The summed E-state index contributed by atoms with van der Waals surface area (Å²) in [7, 11) is -6.20. The number of sulfonamides is 1. The van der Waals surface area contributed by atoms with Crippen molar-refractivity contribution in [2.75, 3.05) is 0 Å². The first-order chi connectivity index (χ1) is 7.68. The summed E-state index contributed by atoms with van der Waals surface area (Å²) in [5, 5.41) is 0.